The van der Waals surface area contributed by atoms with E-state index in [9.17, 15) is 9.90 Å². The summed E-state index contributed by atoms with van der Waals surface area (Å²) in [4.78, 5) is 12.4. The van der Waals surface area contributed by atoms with Crippen molar-refractivity contribution in [3.63, 3.8) is 0 Å². The number of nitrogens with one attached hydrogen (secondary N) is 2. The van der Waals surface area contributed by atoms with Crippen LogP contribution < -0.4 is 10.6 Å². The highest BCUT2D eigenvalue weighted by molar-refractivity contribution is 5.99. The van der Waals surface area contributed by atoms with E-state index in [2.05, 4.69) is 10.6 Å². The van der Waals surface area contributed by atoms with Gasteiger partial charge in [0, 0.05) is 12.2 Å². The van der Waals surface area contributed by atoms with Crippen LogP contribution in [-0.2, 0) is 6.54 Å². The molecule has 1 aromatic heterocycles. The van der Waals surface area contributed by atoms with E-state index >= 15 is 0 Å². The number of para-hydroxylation sites is 1. The van der Waals surface area contributed by atoms with Gasteiger partial charge in [0.05, 0.1) is 24.0 Å². The van der Waals surface area contributed by atoms with Gasteiger partial charge in [-0.3, -0.25) is 4.79 Å². The van der Waals surface area contributed by atoms with Crippen LogP contribution in [0.25, 0.3) is 0 Å². The largest absolute Gasteiger partial charge is 0.467 e. The molecule has 124 valence electrons. The maximum absolute atomic E-state index is 12.4. The lowest BCUT2D eigenvalue weighted by Gasteiger charge is -2.28. The van der Waals surface area contributed by atoms with E-state index in [0.29, 0.717) is 12.1 Å². The van der Waals surface area contributed by atoms with Gasteiger partial charge in [0.15, 0.2) is 0 Å². The van der Waals surface area contributed by atoms with Crippen LogP contribution in [0.5, 0.6) is 0 Å². The van der Waals surface area contributed by atoms with Crippen LogP contribution in [0.15, 0.2) is 47.1 Å². The predicted molar refractivity (Wildman–Crippen MR) is 90.3 cm³/mol. The molecule has 0 bridgehead atoms. The number of rotatable bonds is 7. The zero-order valence-electron chi connectivity index (χ0n) is 13.8. The third-order valence-corrected chi connectivity index (χ3v) is 4.06. The molecule has 0 saturated carbocycles. The van der Waals surface area contributed by atoms with Crippen molar-refractivity contribution in [3.05, 3.63) is 54.0 Å². The highest BCUT2D eigenvalue weighted by Gasteiger charge is 2.25. The van der Waals surface area contributed by atoms with Crippen molar-refractivity contribution in [2.75, 3.05) is 11.9 Å². The number of amides is 1. The quantitative estimate of drug-likeness (QED) is 0.734. The van der Waals surface area contributed by atoms with Gasteiger partial charge in [-0.15, -0.1) is 0 Å². The second kappa shape index (κ2) is 7.33. The molecule has 2 rings (SSSR count). The van der Waals surface area contributed by atoms with Crippen molar-refractivity contribution in [1.29, 1.82) is 0 Å². The highest BCUT2D eigenvalue weighted by Crippen LogP contribution is 2.18. The summed E-state index contributed by atoms with van der Waals surface area (Å²) in [6.45, 7) is 6.27. The van der Waals surface area contributed by atoms with Crippen molar-refractivity contribution in [2.24, 2.45) is 5.92 Å². The number of anilines is 1. The SMILES string of the molecule is CC(C)C(C)(O)CNC(=O)c1ccccc1NCc1ccco1. The minimum Gasteiger partial charge on any atom is -0.467 e. The lowest BCUT2D eigenvalue weighted by Crippen LogP contribution is -2.44. The predicted octanol–water partition coefficient (Wildman–Crippen LogP) is 3.03. The van der Waals surface area contributed by atoms with Crippen LogP contribution in [0.3, 0.4) is 0 Å². The van der Waals surface area contributed by atoms with Gasteiger partial charge in [0.1, 0.15) is 5.76 Å². The fourth-order valence-corrected chi connectivity index (χ4v) is 1.99. The first-order chi connectivity index (χ1) is 10.9. The van der Waals surface area contributed by atoms with E-state index < -0.39 is 5.60 Å². The molecule has 0 aliphatic carbocycles. The number of aliphatic hydroxyl groups is 1. The standard InChI is InChI=1S/C18H24N2O3/c1-13(2)18(3,22)12-20-17(21)15-8-4-5-9-16(15)19-11-14-7-6-10-23-14/h4-10,13,19,22H,11-12H2,1-3H3,(H,20,21). The normalized spacial score (nSPS) is 13.6. The number of carbonyl (C=O) groups excluding carboxylic acids is 1. The summed E-state index contributed by atoms with van der Waals surface area (Å²) in [5.74, 6) is 0.631. The Bertz CT molecular complexity index is 633. The molecule has 1 unspecified atom stereocenters. The first-order valence-corrected chi connectivity index (χ1v) is 7.76. The Morgan fingerprint density at radius 2 is 2.00 bits per heavy atom. The zero-order valence-corrected chi connectivity index (χ0v) is 13.8. The molecular formula is C18H24N2O3. The van der Waals surface area contributed by atoms with E-state index in [0.717, 1.165) is 11.4 Å². The van der Waals surface area contributed by atoms with Crippen LogP contribution in [0, 0.1) is 5.92 Å². The van der Waals surface area contributed by atoms with Crippen LogP contribution in [0.4, 0.5) is 5.69 Å². The lowest BCUT2D eigenvalue weighted by molar-refractivity contribution is 0.0142. The molecule has 2 aromatic rings. The summed E-state index contributed by atoms with van der Waals surface area (Å²) < 4.78 is 5.28. The molecule has 1 amide bonds. The molecule has 0 spiro atoms. The summed E-state index contributed by atoms with van der Waals surface area (Å²) in [6.07, 6.45) is 1.61. The number of furan rings is 1. The molecule has 5 heteroatoms. The molecule has 3 N–H and O–H groups in total. The average Bonchev–Trinajstić information content (AvgIpc) is 3.04. The molecule has 23 heavy (non-hydrogen) atoms. The highest BCUT2D eigenvalue weighted by atomic mass is 16.3. The third kappa shape index (κ3) is 4.60. The van der Waals surface area contributed by atoms with Gasteiger partial charge in [-0.2, -0.15) is 0 Å². The van der Waals surface area contributed by atoms with E-state index in [1.54, 1.807) is 19.3 Å². The number of hydrogen-bond acceptors (Lipinski definition) is 4. The molecule has 1 heterocycles. The van der Waals surface area contributed by atoms with Gasteiger partial charge in [0.25, 0.3) is 5.91 Å². The van der Waals surface area contributed by atoms with Crippen molar-refractivity contribution in [3.8, 4) is 0 Å². The van der Waals surface area contributed by atoms with E-state index in [1.807, 2.05) is 44.2 Å². The molecule has 0 aliphatic rings. The Kier molecular flexibility index (Phi) is 5.45. The third-order valence-electron chi connectivity index (χ3n) is 4.06. The molecular weight excluding hydrogens is 292 g/mol. The fourth-order valence-electron chi connectivity index (χ4n) is 1.99. The average molecular weight is 316 g/mol. The summed E-state index contributed by atoms with van der Waals surface area (Å²) in [5, 5.41) is 16.2. The second-order valence-corrected chi connectivity index (χ2v) is 6.17. The van der Waals surface area contributed by atoms with Gasteiger partial charge >= 0.3 is 0 Å². The Labute approximate surface area is 136 Å². The van der Waals surface area contributed by atoms with E-state index in [1.165, 1.54) is 0 Å². The van der Waals surface area contributed by atoms with Gasteiger partial charge in [-0.1, -0.05) is 26.0 Å². The topological polar surface area (TPSA) is 74.5 Å². The molecule has 0 saturated heterocycles. The van der Waals surface area contributed by atoms with Crippen molar-refractivity contribution in [2.45, 2.75) is 32.9 Å². The second-order valence-electron chi connectivity index (χ2n) is 6.17. The summed E-state index contributed by atoms with van der Waals surface area (Å²) in [5.41, 5.74) is 0.329. The van der Waals surface area contributed by atoms with E-state index in [-0.39, 0.29) is 18.4 Å². The van der Waals surface area contributed by atoms with Gasteiger partial charge in [-0.25, -0.2) is 0 Å². The van der Waals surface area contributed by atoms with Crippen LogP contribution in [-0.4, -0.2) is 23.2 Å². The molecule has 1 atom stereocenters. The van der Waals surface area contributed by atoms with Crippen LogP contribution in [0.1, 0.15) is 36.9 Å². The first kappa shape index (κ1) is 17.1. The maximum Gasteiger partial charge on any atom is 0.253 e. The van der Waals surface area contributed by atoms with Gasteiger partial charge in [-0.05, 0) is 37.1 Å². The summed E-state index contributed by atoms with van der Waals surface area (Å²) >= 11 is 0. The Balaban J connectivity index is 2.02. The van der Waals surface area contributed by atoms with Crippen molar-refractivity contribution >= 4 is 11.6 Å². The number of hydrogen-bond donors (Lipinski definition) is 3. The van der Waals surface area contributed by atoms with Crippen molar-refractivity contribution < 1.29 is 14.3 Å². The van der Waals surface area contributed by atoms with Crippen LogP contribution in [0.2, 0.25) is 0 Å². The fraction of sp³-hybridized carbons (Fsp3) is 0.389. The molecule has 5 nitrogen and oxygen atoms in total. The molecule has 0 radical (unpaired) electrons. The van der Waals surface area contributed by atoms with Crippen LogP contribution >= 0.6 is 0 Å². The number of carbonyl (C=O) groups is 1. The maximum atomic E-state index is 12.4. The minimum absolute atomic E-state index is 0.0510. The summed E-state index contributed by atoms with van der Waals surface area (Å²) in [7, 11) is 0. The minimum atomic E-state index is -0.938. The van der Waals surface area contributed by atoms with Crippen molar-refractivity contribution in [1.82, 2.24) is 5.32 Å². The molecule has 0 fully saturated rings. The lowest BCUT2D eigenvalue weighted by atomic mass is 9.92. The van der Waals surface area contributed by atoms with E-state index in [4.69, 9.17) is 4.42 Å². The Morgan fingerprint density at radius 3 is 2.65 bits per heavy atom. The summed E-state index contributed by atoms with van der Waals surface area (Å²) in [6, 6.07) is 11.0. The Hall–Kier alpha value is -2.27. The van der Waals surface area contributed by atoms with Gasteiger partial charge < -0.3 is 20.2 Å². The molecule has 1 aromatic carbocycles. The monoisotopic (exact) mass is 316 g/mol. The zero-order chi connectivity index (χ0) is 16.9. The number of benzene rings is 1. The molecule has 0 aliphatic heterocycles. The Morgan fingerprint density at radius 1 is 1.26 bits per heavy atom. The first-order valence-electron chi connectivity index (χ1n) is 7.76. The smallest absolute Gasteiger partial charge is 0.253 e. The van der Waals surface area contributed by atoms with Gasteiger partial charge in [0.2, 0.25) is 0 Å².